The highest BCUT2D eigenvalue weighted by molar-refractivity contribution is 5.96. The van der Waals surface area contributed by atoms with Crippen LogP contribution in [0.5, 0.6) is 0 Å². The second kappa shape index (κ2) is 8.58. The molecule has 152 valence electrons. The molecule has 1 amide bonds. The highest BCUT2D eigenvalue weighted by Crippen LogP contribution is 2.25. The number of aliphatic hydroxyl groups excluding tert-OH is 1. The number of rotatable bonds is 7. The molecular formula is C19H28F3N3O2. The molecule has 5 nitrogen and oxygen atoms in total. The second-order valence-electron chi connectivity index (χ2n) is 7.68. The summed E-state index contributed by atoms with van der Waals surface area (Å²) < 4.78 is 40.6. The maximum absolute atomic E-state index is 13.6. The van der Waals surface area contributed by atoms with Crippen molar-refractivity contribution < 1.29 is 23.1 Å². The summed E-state index contributed by atoms with van der Waals surface area (Å²) in [5.74, 6) is -4.10. The minimum absolute atomic E-state index is 0.219. The number of alkyl halides is 2. The third-order valence-electron chi connectivity index (χ3n) is 5.07. The average molecular weight is 387 g/mol. The first-order chi connectivity index (χ1) is 12.6. The maximum atomic E-state index is 13.6. The van der Waals surface area contributed by atoms with Crippen LogP contribution in [0.3, 0.4) is 0 Å². The van der Waals surface area contributed by atoms with Gasteiger partial charge in [-0.3, -0.25) is 9.69 Å². The monoisotopic (exact) mass is 387 g/mol. The smallest absolute Gasteiger partial charge is 0.283 e. The summed E-state index contributed by atoms with van der Waals surface area (Å²) in [4.78, 5) is 16.3. The van der Waals surface area contributed by atoms with Gasteiger partial charge in [-0.05, 0) is 51.6 Å². The summed E-state index contributed by atoms with van der Waals surface area (Å²) >= 11 is 0. The zero-order valence-electron chi connectivity index (χ0n) is 16.1. The standard InChI is InChI=1S/C19H28F3N3O2/c1-14-4-5-15(20)10-16(14)17(27)23-18(6-8-24(2)9-7-18)11-25(3)12-19(21,22)13-26/h4-5,10,26H,6-9,11-13H2,1-3H3,(H,23,27). The zero-order valence-corrected chi connectivity index (χ0v) is 16.1. The lowest BCUT2D eigenvalue weighted by molar-refractivity contribution is -0.0728. The van der Waals surface area contributed by atoms with Crippen LogP contribution in [0, 0.1) is 12.7 Å². The predicted octanol–water partition coefficient (Wildman–Crippen LogP) is 1.89. The van der Waals surface area contributed by atoms with E-state index in [1.165, 1.54) is 17.0 Å². The fourth-order valence-corrected chi connectivity index (χ4v) is 3.53. The van der Waals surface area contributed by atoms with Gasteiger partial charge in [-0.1, -0.05) is 6.07 Å². The SMILES string of the molecule is Cc1ccc(F)cc1C(=O)NC1(CN(C)CC(F)(F)CO)CCN(C)CC1. The number of nitrogens with one attached hydrogen (secondary N) is 1. The van der Waals surface area contributed by atoms with Gasteiger partial charge >= 0.3 is 0 Å². The van der Waals surface area contributed by atoms with Crippen LogP contribution in [0.4, 0.5) is 13.2 Å². The van der Waals surface area contributed by atoms with Crippen LogP contribution >= 0.6 is 0 Å². The highest BCUT2D eigenvalue weighted by Gasteiger charge is 2.39. The van der Waals surface area contributed by atoms with E-state index in [1.54, 1.807) is 20.0 Å². The zero-order chi connectivity index (χ0) is 20.2. The van der Waals surface area contributed by atoms with E-state index in [0.29, 0.717) is 31.5 Å². The predicted molar refractivity (Wildman–Crippen MR) is 97.6 cm³/mol. The molecule has 27 heavy (non-hydrogen) atoms. The second-order valence-corrected chi connectivity index (χ2v) is 7.68. The molecule has 2 N–H and O–H groups in total. The number of carbonyl (C=O) groups excluding carboxylic acids is 1. The summed E-state index contributed by atoms with van der Waals surface area (Å²) in [5, 5.41) is 11.8. The number of likely N-dealkylation sites (N-methyl/N-ethyl adjacent to an activating group) is 1. The molecule has 1 fully saturated rings. The fourth-order valence-electron chi connectivity index (χ4n) is 3.53. The van der Waals surface area contributed by atoms with E-state index in [1.807, 2.05) is 7.05 Å². The number of aliphatic hydroxyl groups is 1. The van der Waals surface area contributed by atoms with Crippen LogP contribution in [0.15, 0.2) is 18.2 Å². The number of likely N-dealkylation sites (tertiary alicyclic amines) is 1. The molecule has 0 spiro atoms. The van der Waals surface area contributed by atoms with Crippen LogP contribution in [-0.2, 0) is 0 Å². The largest absolute Gasteiger partial charge is 0.390 e. The number of hydrogen-bond acceptors (Lipinski definition) is 4. The van der Waals surface area contributed by atoms with Gasteiger partial charge in [0.1, 0.15) is 12.4 Å². The van der Waals surface area contributed by atoms with Crippen LogP contribution in [-0.4, -0.2) is 79.2 Å². The number of aryl methyl sites for hydroxylation is 1. The Morgan fingerprint density at radius 3 is 2.59 bits per heavy atom. The molecule has 2 rings (SSSR count). The molecule has 8 heteroatoms. The molecule has 0 bridgehead atoms. The molecule has 0 atom stereocenters. The van der Waals surface area contributed by atoms with E-state index in [9.17, 15) is 18.0 Å². The summed E-state index contributed by atoms with van der Waals surface area (Å²) in [6.07, 6.45) is 1.19. The van der Waals surface area contributed by atoms with E-state index in [-0.39, 0.29) is 12.1 Å². The fraction of sp³-hybridized carbons (Fsp3) is 0.632. The van der Waals surface area contributed by atoms with E-state index >= 15 is 0 Å². The first kappa shape index (κ1) is 21.7. The molecule has 0 aliphatic carbocycles. The Bertz CT molecular complexity index is 662. The number of piperidine rings is 1. The first-order valence-corrected chi connectivity index (χ1v) is 9.00. The molecular weight excluding hydrogens is 359 g/mol. The van der Waals surface area contributed by atoms with Crippen molar-refractivity contribution in [2.75, 3.05) is 46.9 Å². The van der Waals surface area contributed by atoms with Crippen LogP contribution in [0.2, 0.25) is 0 Å². The van der Waals surface area contributed by atoms with Crippen LogP contribution in [0.1, 0.15) is 28.8 Å². The van der Waals surface area contributed by atoms with Gasteiger partial charge in [-0.15, -0.1) is 0 Å². The van der Waals surface area contributed by atoms with Crippen molar-refractivity contribution in [1.29, 1.82) is 0 Å². The molecule has 1 aromatic carbocycles. The molecule has 0 radical (unpaired) electrons. The Kier molecular flexibility index (Phi) is 6.88. The van der Waals surface area contributed by atoms with E-state index in [0.717, 1.165) is 0 Å². The first-order valence-electron chi connectivity index (χ1n) is 9.00. The normalized spacial score (nSPS) is 17.9. The molecule has 0 saturated carbocycles. The number of hydrogen-bond donors (Lipinski definition) is 2. The molecule has 1 aromatic rings. The van der Waals surface area contributed by atoms with Gasteiger partial charge in [-0.25, -0.2) is 13.2 Å². The highest BCUT2D eigenvalue weighted by atomic mass is 19.3. The number of amides is 1. The van der Waals surface area contributed by atoms with Crippen molar-refractivity contribution in [2.45, 2.75) is 31.2 Å². The van der Waals surface area contributed by atoms with Crippen LogP contribution < -0.4 is 5.32 Å². The Morgan fingerprint density at radius 1 is 1.37 bits per heavy atom. The van der Waals surface area contributed by atoms with Crippen molar-refractivity contribution in [3.63, 3.8) is 0 Å². The topological polar surface area (TPSA) is 55.8 Å². The Balaban J connectivity index is 2.18. The summed E-state index contributed by atoms with van der Waals surface area (Å²) in [7, 11) is 3.51. The number of benzene rings is 1. The van der Waals surface area contributed by atoms with E-state index in [4.69, 9.17) is 5.11 Å². The van der Waals surface area contributed by atoms with Gasteiger partial charge in [0.25, 0.3) is 11.8 Å². The van der Waals surface area contributed by atoms with Gasteiger partial charge in [0, 0.05) is 25.2 Å². The summed E-state index contributed by atoms with van der Waals surface area (Å²) in [6.45, 7) is 1.55. The quantitative estimate of drug-likeness (QED) is 0.750. The molecule has 0 aromatic heterocycles. The minimum atomic E-state index is -3.20. The third kappa shape index (κ3) is 5.92. The third-order valence-corrected chi connectivity index (χ3v) is 5.07. The van der Waals surface area contributed by atoms with Crippen molar-refractivity contribution in [1.82, 2.24) is 15.1 Å². The lowest BCUT2D eigenvalue weighted by Crippen LogP contribution is -2.60. The Labute approximate surface area is 158 Å². The number of halogens is 3. The van der Waals surface area contributed by atoms with E-state index in [2.05, 4.69) is 10.2 Å². The van der Waals surface area contributed by atoms with Gasteiger partial charge in [0.05, 0.1) is 12.1 Å². The van der Waals surface area contributed by atoms with Crippen molar-refractivity contribution in [3.05, 3.63) is 35.1 Å². The minimum Gasteiger partial charge on any atom is -0.390 e. The maximum Gasteiger partial charge on any atom is 0.283 e. The van der Waals surface area contributed by atoms with Crippen LogP contribution in [0.25, 0.3) is 0 Å². The van der Waals surface area contributed by atoms with Gasteiger partial charge in [0.2, 0.25) is 0 Å². The summed E-state index contributed by atoms with van der Waals surface area (Å²) in [5.41, 5.74) is 0.205. The molecule has 0 unspecified atom stereocenters. The van der Waals surface area contributed by atoms with Crippen molar-refractivity contribution >= 4 is 5.91 Å². The lowest BCUT2D eigenvalue weighted by atomic mass is 9.86. The van der Waals surface area contributed by atoms with Gasteiger partial charge in [-0.2, -0.15) is 0 Å². The van der Waals surface area contributed by atoms with E-state index < -0.39 is 36.3 Å². The Morgan fingerprint density at radius 2 is 2.00 bits per heavy atom. The molecule has 1 heterocycles. The number of carbonyl (C=O) groups is 1. The molecule has 1 aliphatic heterocycles. The van der Waals surface area contributed by atoms with Gasteiger partial charge < -0.3 is 15.3 Å². The number of nitrogens with zero attached hydrogens (tertiary/aromatic N) is 2. The molecule has 1 saturated heterocycles. The van der Waals surface area contributed by atoms with Gasteiger partial charge in [0.15, 0.2) is 0 Å². The summed E-state index contributed by atoms with van der Waals surface area (Å²) in [6, 6.07) is 4.03. The van der Waals surface area contributed by atoms with Crippen molar-refractivity contribution in [3.8, 4) is 0 Å². The van der Waals surface area contributed by atoms with Crippen molar-refractivity contribution in [2.24, 2.45) is 0 Å². The Hall–Kier alpha value is -1.64. The molecule has 1 aliphatic rings. The average Bonchev–Trinajstić information content (AvgIpc) is 2.59. The lowest BCUT2D eigenvalue weighted by Gasteiger charge is -2.44.